The number of nitrogens with zero attached hydrogens (tertiary/aromatic N) is 7. The lowest BCUT2D eigenvalue weighted by molar-refractivity contribution is 0.255. The first-order chi connectivity index (χ1) is 15.0. The molecule has 1 atom stereocenters. The first-order valence-electron chi connectivity index (χ1n) is 9.68. The predicted octanol–water partition coefficient (Wildman–Crippen LogP) is 1.50. The summed E-state index contributed by atoms with van der Waals surface area (Å²) in [6, 6.07) is 7.25. The van der Waals surface area contributed by atoms with E-state index in [1.165, 1.54) is 0 Å². The highest BCUT2D eigenvalue weighted by atomic mass is 32.2. The number of sulfone groups is 1. The number of H-pyrrole nitrogens is 1. The third-order valence-electron chi connectivity index (χ3n) is 5.40. The van der Waals surface area contributed by atoms with Crippen molar-refractivity contribution in [1.82, 2.24) is 34.6 Å². The van der Waals surface area contributed by atoms with Crippen LogP contribution in [-0.4, -0.2) is 67.6 Å². The topological polar surface area (TPSA) is 133 Å². The summed E-state index contributed by atoms with van der Waals surface area (Å²) in [7, 11) is -3.00. The van der Waals surface area contributed by atoms with Crippen molar-refractivity contribution in [3.63, 3.8) is 0 Å². The Bertz CT molecular complexity index is 1370. The van der Waals surface area contributed by atoms with Crippen molar-refractivity contribution in [2.75, 3.05) is 24.6 Å². The number of nitrogens with one attached hydrogen (secondary N) is 1. The summed E-state index contributed by atoms with van der Waals surface area (Å²) in [5.74, 6) is 0.760. The van der Waals surface area contributed by atoms with Gasteiger partial charge in [0.1, 0.15) is 11.6 Å². The van der Waals surface area contributed by atoms with E-state index >= 15 is 0 Å². The minimum Gasteiger partial charge on any atom is -0.329 e. The summed E-state index contributed by atoms with van der Waals surface area (Å²) in [5, 5.41) is 14.1. The van der Waals surface area contributed by atoms with Crippen LogP contribution in [-0.2, 0) is 9.84 Å². The summed E-state index contributed by atoms with van der Waals surface area (Å²) in [5.41, 5.74) is 4.00. The fourth-order valence-electron chi connectivity index (χ4n) is 3.71. The first-order valence-corrected chi connectivity index (χ1v) is 11.5. The largest absolute Gasteiger partial charge is 0.329 e. The summed E-state index contributed by atoms with van der Waals surface area (Å²) in [6.07, 6.45) is 8.57. The molecule has 5 rings (SSSR count). The standard InChI is InChI=1S/C20H18N8O2S/c21-9-17(27-5-7-31(29,30)8-6-27)14-1-2-18(23-10-14)28-12-15(11-26-28)16-3-4-22-20-19(16)24-13-25-20/h1-4,10-13,17H,5-8H2,(H,22,24,25). The van der Waals surface area contributed by atoms with E-state index in [1.807, 2.05) is 23.2 Å². The van der Waals surface area contributed by atoms with Gasteiger partial charge in [-0.05, 0) is 12.1 Å². The first kappa shape index (κ1) is 19.3. The number of imidazole rings is 1. The predicted molar refractivity (Wildman–Crippen MR) is 113 cm³/mol. The van der Waals surface area contributed by atoms with Crippen LogP contribution in [0.15, 0.2) is 49.3 Å². The Labute approximate surface area is 178 Å². The summed E-state index contributed by atoms with van der Waals surface area (Å²) < 4.78 is 25.0. The Kier molecular flexibility index (Phi) is 4.72. The van der Waals surface area contributed by atoms with Gasteiger partial charge >= 0.3 is 0 Å². The Morgan fingerprint density at radius 2 is 1.94 bits per heavy atom. The number of aromatic nitrogens is 6. The molecule has 0 radical (unpaired) electrons. The molecular weight excluding hydrogens is 416 g/mol. The van der Waals surface area contributed by atoms with Crippen LogP contribution in [0, 0.1) is 11.3 Å². The van der Waals surface area contributed by atoms with Crippen molar-refractivity contribution in [2.24, 2.45) is 0 Å². The molecule has 4 aromatic heterocycles. The number of nitriles is 1. The highest BCUT2D eigenvalue weighted by Gasteiger charge is 2.28. The lowest BCUT2D eigenvalue weighted by atomic mass is 10.1. The average Bonchev–Trinajstić information content (AvgIpc) is 3.45. The van der Waals surface area contributed by atoms with Crippen LogP contribution >= 0.6 is 0 Å². The van der Waals surface area contributed by atoms with Gasteiger partial charge in [0.25, 0.3) is 0 Å². The molecule has 1 aliphatic heterocycles. The van der Waals surface area contributed by atoms with E-state index < -0.39 is 15.9 Å². The van der Waals surface area contributed by atoms with Crippen LogP contribution in [0.1, 0.15) is 11.6 Å². The van der Waals surface area contributed by atoms with Crippen molar-refractivity contribution in [3.05, 3.63) is 54.9 Å². The van der Waals surface area contributed by atoms with Gasteiger partial charge in [0.05, 0.1) is 30.1 Å². The molecule has 0 saturated carbocycles. The molecule has 1 fully saturated rings. The monoisotopic (exact) mass is 434 g/mol. The molecule has 10 nitrogen and oxygen atoms in total. The molecule has 5 heterocycles. The zero-order valence-corrected chi connectivity index (χ0v) is 17.2. The highest BCUT2D eigenvalue weighted by Crippen LogP contribution is 2.26. The van der Waals surface area contributed by atoms with Gasteiger partial charge < -0.3 is 4.98 Å². The molecule has 1 unspecified atom stereocenters. The van der Waals surface area contributed by atoms with Gasteiger partial charge in [0.15, 0.2) is 21.3 Å². The summed E-state index contributed by atoms with van der Waals surface area (Å²) >= 11 is 0. The van der Waals surface area contributed by atoms with Gasteiger partial charge in [-0.1, -0.05) is 6.07 Å². The number of pyridine rings is 2. The maximum absolute atomic E-state index is 11.7. The van der Waals surface area contributed by atoms with E-state index in [4.69, 9.17) is 0 Å². The zero-order chi connectivity index (χ0) is 21.4. The molecule has 1 N–H and O–H groups in total. The maximum atomic E-state index is 11.7. The molecule has 156 valence electrons. The highest BCUT2D eigenvalue weighted by molar-refractivity contribution is 7.91. The van der Waals surface area contributed by atoms with Crippen LogP contribution < -0.4 is 0 Å². The van der Waals surface area contributed by atoms with E-state index in [0.717, 1.165) is 22.2 Å². The van der Waals surface area contributed by atoms with Crippen molar-refractivity contribution < 1.29 is 8.42 Å². The molecule has 0 bridgehead atoms. The Hall–Kier alpha value is -3.62. The van der Waals surface area contributed by atoms with Crippen molar-refractivity contribution in [1.29, 1.82) is 5.26 Å². The maximum Gasteiger partial charge on any atom is 0.157 e. The van der Waals surface area contributed by atoms with E-state index in [0.29, 0.717) is 24.6 Å². The second-order valence-corrected chi connectivity index (χ2v) is 9.60. The molecule has 0 amide bonds. The number of rotatable bonds is 4. The number of hydrogen-bond acceptors (Lipinski definition) is 8. The quantitative estimate of drug-likeness (QED) is 0.511. The Balaban J connectivity index is 1.38. The van der Waals surface area contributed by atoms with Gasteiger partial charge in [-0.2, -0.15) is 10.4 Å². The molecule has 1 aliphatic rings. The van der Waals surface area contributed by atoms with Crippen LogP contribution in [0.4, 0.5) is 0 Å². The second-order valence-electron chi connectivity index (χ2n) is 7.30. The zero-order valence-electron chi connectivity index (χ0n) is 16.4. The van der Waals surface area contributed by atoms with Gasteiger partial charge in [0.2, 0.25) is 0 Å². The second kappa shape index (κ2) is 7.57. The van der Waals surface area contributed by atoms with E-state index in [2.05, 4.69) is 31.1 Å². The fraction of sp³-hybridized carbons (Fsp3) is 0.250. The Morgan fingerprint density at radius 1 is 1.10 bits per heavy atom. The minimum absolute atomic E-state index is 0.0744. The molecule has 0 aliphatic carbocycles. The van der Waals surface area contributed by atoms with Crippen molar-refractivity contribution in [2.45, 2.75) is 6.04 Å². The van der Waals surface area contributed by atoms with Crippen molar-refractivity contribution in [3.8, 4) is 23.0 Å². The lowest BCUT2D eigenvalue weighted by Gasteiger charge is -2.30. The normalized spacial score (nSPS) is 17.4. The van der Waals surface area contributed by atoms with Gasteiger partial charge in [0, 0.05) is 48.4 Å². The molecule has 4 aromatic rings. The van der Waals surface area contributed by atoms with Crippen molar-refractivity contribution >= 4 is 21.0 Å². The van der Waals surface area contributed by atoms with Crippen LogP contribution in [0.3, 0.4) is 0 Å². The third kappa shape index (κ3) is 3.67. The van der Waals surface area contributed by atoms with E-state index in [9.17, 15) is 13.7 Å². The van der Waals surface area contributed by atoms with Crippen LogP contribution in [0.5, 0.6) is 0 Å². The minimum atomic E-state index is -3.00. The summed E-state index contributed by atoms with van der Waals surface area (Å²) in [6.45, 7) is 0.691. The van der Waals surface area contributed by atoms with Gasteiger partial charge in [-0.15, -0.1) is 0 Å². The molecule has 0 aromatic carbocycles. The number of hydrogen-bond donors (Lipinski definition) is 1. The third-order valence-corrected chi connectivity index (χ3v) is 7.01. The fourth-order valence-corrected chi connectivity index (χ4v) is 4.94. The van der Waals surface area contributed by atoms with Crippen LogP contribution in [0.25, 0.3) is 28.1 Å². The SMILES string of the molecule is N#CC(c1ccc(-n2cc(-c3ccnc4[nH]cnc34)cn2)nc1)N1CCS(=O)(=O)CC1. The smallest absolute Gasteiger partial charge is 0.157 e. The number of aromatic amines is 1. The van der Waals surface area contributed by atoms with Gasteiger partial charge in [-0.25, -0.2) is 28.1 Å². The lowest BCUT2D eigenvalue weighted by Crippen LogP contribution is -2.42. The van der Waals surface area contributed by atoms with Gasteiger partial charge in [-0.3, -0.25) is 4.90 Å². The average molecular weight is 434 g/mol. The Morgan fingerprint density at radius 3 is 2.68 bits per heavy atom. The molecule has 1 saturated heterocycles. The number of fused-ring (bicyclic) bond motifs is 1. The van der Waals surface area contributed by atoms with E-state index in [-0.39, 0.29) is 11.5 Å². The summed E-state index contributed by atoms with van der Waals surface area (Å²) in [4.78, 5) is 17.9. The molecular formula is C20H18N8O2S. The van der Waals surface area contributed by atoms with Crippen LogP contribution in [0.2, 0.25) is 0 Å². The van der Waals surface area contributed by atoms with E-state index in [1.54, 1.807) is 35.7 Å². The molecule has 11 heteroatoms. The molecule has 0 spiro atoms. The molecule has 31 heavy (non-hydrogen) atoms.